The van der Waals surface area contributed by atoms with Crippen LogP contribution in [0, 0.1) is 0 Å². The second-order valence-corrected chi connectivity index (χ2v) is 7.54. The zero-order valence-electron chi connectivity index (χ0n) is 18.5. The summed E-state index contributed by atoms with van der Waals surface area (Å²) < 4.78 is 5.60. The molecule has 0 fully saturated rings. The van der Waals surface area contributed by atoms with Crippen LogP contribution in [0.15, 0.2) is 91.3 Å². The van der Waals surface area contributed by atoms with E-state index in [1.54, 1.807) is 12.1 Å². The highest BCUT2D eigenvalue weighted by Crippen LogP contribution is 2.21. The SMILES string of the molecule is CCCOc1ccc(CNC(=O)c2cccc(Nc3cc(-c4ccccc4)ncn3)c2)cc1. The fourth-order valence-corrected chi connectivity index (χ4v) is 3.29. The Morgan fingerprint density at radius 2 is 1.73 bits per heavy atom. The quantitative estimate of drug-likeness (QED) is 0.355. The van der Waals surface area contributed by atoms with Gasteiger partial charge in [-0.15, -0.1) is 0 Å². The third kappa shape index (κ3) is 6.17. The fourth-order valence-electron chi connectivity index (χ4n) is 3.29. The Balaban J connectivity index is 1.38. The first kappa shape index (κ1) is 22.0. The second-order valence-electron chi connectivity index (χ2n) is 7.54. The smallest absolute Gasteiger partial charge is 0.251 e. The highest BCUT2D eigenvalue weighted by Gasteiger charge is 2.08. The number of hydrogen-bond donors (Lipinski definition) is 2. The Labute approximate surface area is 193 Å². The first-order chi connectivity index (χ1) is 16.2. The molecule has 0 atom stereocenters. The average molecular weight is 439 g/mol. The van der Waals surface area contributed by atoms with Crippen molar-refractivity contribution in [3.8, 4) is 17.0 Å². The molecule has 0 aliphatic carbocycles. The number of nitrogens with one attached hydrogen (secondary N) is 2. The van der Waals surface area contributed by atoms with Crippen molar-refractivity contribution in [2.24, 2.45) is 0 Å². The molecular formula is C27H26N4O2. The average Bonchev–Trinajstić information content (AvgIpc) is 2.87. The Morgan fingerprint density at radius 1 is 0.909 bits per heavy atom. The van der Waals surface area contributed by atoms with Crippen molar-refractivity contribution in [2.75, 3.05) is 11.9 Å². The molecule has 0 radical (unpaired) electrons. The van der Waals surface area contributed by atoms with E-state index in [0.29, 0.717) is 24.5 Å². The van der Waals surface area contributed by atoms with Crippen LogP contribution in [0.4, 0.5) is 11.5 Å². The summed E-state index contributed by atoms with van der Waals surface area (Å²) in [5.41, 5.74) is 4.20. The van der Waals surface area contributed by atoms with Gasteiger partial charge in [0, 0.05) is 29.4 Å². The molecule has 3 aromatic carbocycles. The topological polar surface area (TPSA) is 76.1 Å². The summed E-state index contributed by atoms with van der Waals surface area (Å²) in [5, 5.41) is 6.23. The zero-order valence-corrected chi connectivity index (χ0v) is 18.5. The number of carbonyl (C=O) groups excluding carboxylic acids is 1. The highest BCUT2D eigenvalue weighted by molar-refractivity contribution is 5.95. The minimum absolute atomic E-state index is 0.141. The summed E-state index contributed by atoms with van der Waals surface area (Å²) in [6.45, 7) is 3.21. The molecule has 6 heteroatoms. The first-order valence-corrected chi connectivity index (χ1v) is 11.0. The lowest BCUT2D eigenvalue weighted by Gasteiger charge is -2.10. The van der Waals surface area contributed by atoms with Gasteiger partial charge < -0.3 is 15.4 Å². The Kier molecular flexibility index (Phi) is 7.28. The van der Waals surface area contributed by atoms with E-state index >= 15 is 0 Å². The van der Waals surface area contributed by atoms with Crippen LogP contribution in [0.3, 0.4) is 0 Å². The highest BCUT2D eigenvalue weighted by atomic mass is 16.5. The number of nitrogens with zero attached hydrogens (tertiary/aromatic N) is 2. The van der Waals surface area contributed by atoms with Crippen molar-refractivity contribution >= 4 is 17.4 Å². The standard InChI is InChI=1S/C27H26N4O2/c1-2-15-33-24-13-11-20(12-14-24)18-28-27(32)22-9-6-10-23(16-22)31-26-17-25(29-19-30-26)21-7-4-3-5-8-21/h3-14,16-17,19H,2,15,18H2,1H3,(H,28,32)(H,29,30,31). The predicted molar refractivity (Wildman–Crippen MR) is 131 cm³/mol. The summed E-state index contributed by atoms with van der Waals surface area (Å²) in [5.74, 6) is 1.36. The minimum Gasteiger partial charge on any atom is -0.494 e. The van der Waals surface area contributed by atoms with Gasteiger partial charge in [0.2, 0.25) is 0 Å². The fraction of sp³-hybridized carbons (Fsp3) is 0.148. The third-order valence-corrected chi connectivity index (χ3v) is 4.98. The van der Waals surface area contributed by atoms with E-state index in [9.17, 15) is 4.79 Å². The summed E-state index contributed by atoms with van der Waals surface area (Å²) >= 11 is 0. The molecule has 1 amide bonds. The van der Waals surface area contributed by atoms with Crippen LogP contribution in [0.1, 0.15) is 29.3 Å². The molecule has 33 heavy (non-hydrogen) atoms. The van der Waals surface area contributed by atoms with Crippen LogP contribution in [-0.4, -0.2) is 22.5 Å². The molecule has 0 bridgehead atoms. The van der Waals surface area contributed by atoms with Crippen molar-refractivity contribution in [2.45, 2.75) is 19.9 Å². The number of hydrogen-bond acceptors (Lipinski definition) is 5. The Bertz CT molecular complexity index is 1190. The summed E-state index contributed by atoms with van der Waals surface area (Å²) in [7, 11) is 0. The van der Waals surface area contributed by atoms with Crippen molar-refractivity contribution in [3.63, 3.8) is 0 Å². The summed E-state index contributed by atoms with van der Waals surface area (Å²) in [6.07, 6.45) is 2.50. The van der Waals surface area contributed by atoms with E-state index in [2.05, 4.69) is 27.5 Å². The molecule has 4 rings (SSSR count). The Hall–Kier alpha value is -4.19. The second kappa shape index (κ2) is 10.9. The van der Waals surface area contributed by atoms with Crippen molar-refractivity contribution in [1.82, 2.24) is 15.3 Å². The number of rotatable bonds is 9. The van der Waals surface area contributed by atoms with Gasteiger partial charge in [0.15, 0.2) is 0 Å². The van der Waals surface area contributed by atoms with Crippen molar-refractivity contribution < 1.29 is 9.53 Å². The molecule has 6 nitrogen and oxygen atoms in total. The van der Waals surface area contributed by atoms with Gasteiger partial charge >= 0.3 is 0 Å². The molecule has 0 saturated carbocycles. The van der Waals surface area contributed by atoms with E-state index in [1.165, 1.54) is 6.33 Å². The van der Waals surface area contributed by atoms with E-state index < -0.39 is 0 Å². The zero-order chi connectivity index (χ0) is 22.9. The van der Waals surface area contributed by atoms with Crippen LogP contribution < -0.4 is 15.4 Å². The van der Waals surface area contributed by atoms with E-state index in [4.69, 9.17) is 4.74 Å². The molecule has 166 valence electrons. The van der Waals surface area contributed by atoms with Gasteiger partial charge in [-0.25, -0.2) is 9.97 Å². The molecule has 0 saturated heterocycles. The third-order valence-electron chi connectivity index (χ3n) is 4.98. The Morgan fingerprint density at radius 3 is 2.52 bits per heavy atom. The van der Waals surface area contributed by atoms with Crippen LogP contribution in [0.2, 0.25) is 0 Å². The monoisotopic (exact) mass is 438 g/mol. The maximum atomic E-state index is 12.7. The predicted octanol–water partition coefficient (Wildman–Crippen LogP) is 5.61. The molecule has 0 spiro atoms. The van der Waals surface area contributed by atoms with Crippen LogP contribution >= 0.6 is 0 Å². The number of ether oxygens (including phenoxy) is 1. The van der Waals surface area contributed by atoms with E-state index in [1.807, 2.05) is 72.8 Å². The van der Waals surface area contributed by atoms with Crippen LogP contribution in [0.5, 0.6) is 5.75 Å². The van der Waals surface area contributed by atoms with E-state index in [-0.39, 0.29) is 5.91 Å². The first-order valence-electron chi connectivity index (χ1n) is 11.0. The van der Waals surface area contributed by atoms with Gasteiger partial charge in [0.05, 0.1) is 12.3 Å². The molecule has 4 aromatic rings. The lowest BCUT2D eigenvalue weighted by molar-refractivity contribution is 0.0951. The van der Waals surface area contributed by atoms with Gasteiger partial charge in [-0.1, -0.05) is 55.5 Å². The molecule has 0 unspecified atom stereocenters. The molecule has 1 heterocycles. The molecule has 0 aliphatic rings. The van der Waals surface area contributed by atoms with Gasteiger partial charge in [-0.3, -0.25) is 4.79 Å². The number of benzene rings is 3. The normalized spacial score (nSPS) is 10.5. The molecule has 0 aliphatic heterocycles. The lowest BCUT2D eigenvalue weighted by atomic mass is 10.1. The van der Waals surface area contributed by atoms with E-state index in [0.717, 1.165) is 34.7 Å². The molecular weight excluding hydrogens is 412 g/mol. The minimum atomic E-state index is -0.141. The maximum Gasteiger partial charge on any atom is 0.251 e. The van der Waals surface area contributed by atoms with Crippen LogP contribution in [-0.2, 0) is 6.54 Å². The number of anilines is 2. The summed E-state index contributed by atoms with van der Waals surface area (Å²) in [4.78, 5) is 21.3. The number of aromatic nitrogens is 2. The van der Waals surface area contributed by atoms with Crippen molar-refractivity contribution in [1.29, 1.82) is 0 Å². The number of carbonyl (C=O) groups is 1. The van der Waals surface area contributed by atoms with Gasteiger partial charge in [0.25, 0.3) is 5.91 Å². The molecule has 1 aromatic heterocycles. The van der Waals surface area contributed by atoms with Gasteiger partial charge in [0.1, 0.15) is 17.9 Å². The van der Waals surface area contributed by atoms with Crippen molar-refractivity contribution in [3.05, 3.63) is 102 Å². The van der Waals surface area contributed by atoms with Gasteiger partial charge in [-0.05, 0) is 42.3 Å². The maximum absolute atomic E-state index is 12.7. The van der Waals surface area contributed by atoms with Gasteiger partial charge in [-0.2, -0.15) is 0 Å². The number of amides is 1. The van der Waals surface area contributed by atoms with Crippen LogP contribution in [0.25, 0.3) is 11.3 Å². The molecule has 2 N–H and O–H groups in total. The summed E-state index contributed by atoms with van der Waals surface area (Å²) in [6, 6.07) is 26.9. The lowest BCUT2D eigenvalue weighted by Crippen LogP contribution is -2.22. The largest absolute Gasteiger partial charge is 0.494 e.